The Labute approximate surface area is 141 Å². The number of aliphatic hydroxyl groups excluding tert-OH is 1. The lowest BCUT2D eigenvalue weighted by Gasteiger charge is -1.99. The van der Waals surface area contributed by atoms with E-state index < -0.39 is 12.1 Å². The molecule has 0 bridgehead atoms. The topological polar surface area (TPSA) is 60.4 Å². The van der Waals surface area contributed by atoms with Crippen molar-refractivity contribution < 1.29 is 15.0 Å². The van der Waals surface area contributed by atoms with Crippen LogP contribution in [0.3, 0.4) is 0 Å². The number of hydrogen-bond acceptors (Lipinski definition) is 3. The zero-order valence-corrected chi connectivity index (χ0v) is 14.3. The summed E-state index contributed by atoms with van der Waals surface area (Å²) in [4.78, 5) is 10.2. The molecule has 0 heterocycles. The van der Waals surface area contributed by atoms with E-state index in [0.717, 1.165) is 19.3 Å². The summed E-state index contributed by atoms with van der Waals surface area (Å²) in [5, 5.41) is 20.0. The van der Waals surface area contributed by atoms with Crippen LogP contribution in [0.5, 0.6) is 0 Å². The molecule has 0 aromatic rings. The highest BCUT2D eigenvalue weighted by molar-refractivity contribution is 5.64. The third-order valence-corrected chi connectivity index (χ3v) is 3.29. The van der Waals surface area contributed by atoms with Gasteiger partial charge in [-0.1, -0.05) is 68.4 Å². The molecule has 0 rings (SSSR count). The summed E-state index contributed by atoms with van der Waals surface area (Å²) in [5.74, 6) is -0.990. The van der Waals surface area contributed by atoms with Gasteiger partial charge in [-0.3, -0.25) is 0 Å². The molecule has 0 spiro atoms. The molecule has 3 nitrogen and oxygen atoms in total. The normalized spacial score (nSPS) is 13.8. The number of allylic oxidation sites excluding steroid dienone is 6. The predicted octanol–water partition coefficient (Wildman–Crippen LogP) is 3.85. The van der Waals surface area contributed by atoms with Crippen molar-refractivity contribution in [3.63, 3.8) is 0 Å². The summed E-state index contributed by atoms with van der Waals surface area (Å²) in [7, 11) is 0. The maximum absolute atomic E-state index is 10.2. The molecule has 1 N–H and O–H groups in total. The van der Waals surface area contributed by atoms with Gasteiger partial charge in [-0.05, 0) is 44.9 Å². The van der Waals surface area contributed by atoms with Crippen molar-refractivity contribution in [2.45, 2.75) is 70.8 Å². The number of aliphatic carboxylic acids is 1. The Morgan fingerprint density at radius 3 is 2.48 bits per heavy atom. The van der Waals surface area contributed by atoms with E-state index in [1.807, 2.05) is 36.5 Å². The molecular weight excluding hydrogens is 288 g/mol. The van der Waals surface area contributed by atoms with Gasteiger partial charge in [-0.2, -0.15) is 0 Å². The van der Waals surface area contributed by atoms with Gasteiger partial charge in [0.15, 0.2) is 0 Å². The molecular formula is C20H31O3-. The summed E-state index contributed by atoms with van der Waals surface area (Å²) in [5.41, 5.74) is 0. The molecule has 0 aromatic carbocycles. The van der Waals surface area contributed by atoms with Crippen LogP contribution in [-0.2, 0) is 4.79 Å². The van der Waals surface area contributed by atoms with E-state index in [2.05, 4.69) is 13.0 Å². The number of rotatable bonds is 14. The molecule has 130 valence electrons. The SMILES string of the molecule is CCCCC/C=C\C=C\[C@H](O)C/C=C\C/C=C\CCCC(=O)[O-]. The van der Waals surface area contributed by atoms with Crippen LogP contribution in [0.4, 0.5) is 0 Å². The zero-order valence-electron chi connectivity index (χ0n) is 14.3. The van der Waals surface area contributed by atoms with Gasteiger partial charge in [0, 0.05) is 5.97 Å². The molecule has 0 aliphatic heterocycles. The van der Waals surface area contributed by atoms with Gasteiger partial charge in [-0.25, -0.2) is 0 Å². The maximum atomic E-state index is 10.2. The second-order valence-electron chi connectivity index (χ2n) is 5.55. The third kappa shape index (κ3) is 18.3. The smallest absolute Gasteiger partial charge is 0.0758 e. The van der Waals surface area contributed by atoms with Crippen LogP contribution in [0.1, 0.15) is 64.7 Å². The number of carbonyl (C=O) groups excluding carboxylic acids is 1. The number of aliphatic hydroxyl groups is 1. The standard InChI is InChI=1S/C20H32O3/c1-2-3-4-5-7-10-13-16-19(21)17-14-11-8-6-9-12-15-18-20(22)23/h6-7,9-11,13-14,16,19,21H,2-5,8,12,15,17-18H2,1H3,(H,22,23)/p-1/b9-6-,10-7-,14-11-,16-13+/t19-/m0/s1. The molecule has 3 heteroatoms. The number of hydrogen-bond donors (Lipinski definition) is 1. The van der Waals surface area contributed by atoms with Crippen molar-refractivity contribution in [1.82, 2.24) is 0 Å². The van der Waals surface area contributed by atoms with Crippen LogP contribution in [0.2, 0.25) is 0 Å². The molecule has 0 radical (unpaired) electrons. The van der Waals surface area contributed by atoms with Crippen molar-refractivity contribution >= 4 is 5.97 Å². The molecule has 0 unspecified atom stereocenters. The first-order chi connectivity index (χ1) is 11.2. The fraction of sp³-hybridized carbons (Fsp3) is 0.550. The lowest BCUT2D eigenvalue weighted by Crippen LogP contribution is -2.21. The number of carbonyl (C=O) groups is 1. The third-order valence-electron chi connectivity index (χ3n) is 3.29. The quantitative estimate of drug-likeness (QED) is 0.300. The van der Waals surface area contributed by atoms with E-state index in [1.165, 1.54) is 19.3 Å². The summed E-state index contributed by atoms with van der Waals surface area (Å²) in [6, 6.07) is 0. The van der Waals surface area contributed by atoms with Crippen LogP contribution >= 0.6 is 0 Å². The summed E-state index contributed by atoms with van der Waals surface area (Å²) >= 11 is 0. The van der Waals surface area contributed by atoms with Crippen molar-refractivity contribution in [2.24, 2.45) is 0 Å². The van der Waals surface area contributed by atoms with E-state index in [1.54, 1.807) is 6.08 Å². The molecule has 23 heavy (non-hydrogen) atoms. The van der Waals surface area contributed by atoms with E-state index >= 15 is 0 Å². The van der Waals surface area contributed by atoms with Gasteiger partial charge in [0.1, 0.15) is 0 Å². The molecule has 0 saturated carbocycles. The van der Waals surface area contributed by atoms with Crippen molar-refractivity contribution in [3.05, 3.63) is 48.6 Å². The minimum Gasteiger partial charge on any atom is -0.550 e. The minimum absolute atomic E-state index is 0.117. The second kappa shape index (κ2) is 16.8. The van der Waals surface area contributed by atoms with E-state index in [-0.39, 0.29) is 6.42 Å². The van der Waals surface area contributed by atoms with Crippen LogP contribution in [0, 0.1) is 0 Å². The van der Waals surface area contributed by atoms with Gasteiger partial charge in [0.25, 0.3) is 0 Å². The van der Waals surface area contributed by atoms with Crippen LogP contribution in [0.25, 0.3) is 0 Å². The molecule has 0 fully saturated rings. The summed E-state index contributed by atoms with van der Waals surface area (Å²) < 4.78 is 0. The molecule has 0 aliphatic carbocycles. The largest absolute Gasteiger partial charge is 0.550 e. The van der Waals surface area contributed by atoms with Crippen LogP contribution in [-0.4, -0.2) is 17.2 Å². The molecule has 0 amide bonds. The highest BCUT2D eigenvalue weighted by Gasteiger charge is 1.92. The molecule has 0 aliphatic rings. The lowest BCUT2D eigenvalue weighted by molar-refractivity contribution is -0.305. The maximum Gasteiger partial charge on any atom is 0.0758 e. The fourth-order valence-corrected chi connectivity index (χ4v) is 1.95. The predicted molar refractivity (Wildman–Crippen MR) is 94.8 cm³/mol. The average molecular weight is 319 g/mol. The van der Waals surface area contributed by atoms with Crippen molar-refractivity contribution in [2.75, 3.05) is 0 Å². The second-order valence-corrected chi connectivity index (χ2v) is 5.55. The monoisotopic (exact) mass is 319 g/mol. The van der Waals surface area contributed by atoms with E-state index in [0.29, 0.717) is 12.8 Å². The zero-order chi connectivity index (χ0) is 17.2. The van der Waals surface area contributed by atoms with Crippen LogP contribution < -0.4 is 5.11 Å². The summed E-state index contributed by atoms with van der Waals surface area (Å²) in [6.07, 6.45) is 23.1. The van der Waals surface area contributed by atoms with E-state index in [4.69, 9.17) is 0 Å². The van der Waals surface area contributed by atoms with Gasteiger partial charge in [-0.15, -0.1) is 0 Å². The first kappa shape index (κ1) is 21.4. The Bertz CT molecular complexity index is 392. The fourth-order valence-electron chi connectivity index (χ4n) is 1.95. The number of carboxylic acids is 1. The van der Waals surface area contributed by atoms with Gasteiger partial charge < -0.3 is 15.0 Å². The highest BCUT2D eigenvalue weighted by atomic mass is 16.4. The van der Waals surface area contributed by atoms with E-state index in [9.17, 15) is 15.0 Å². The van der Waals surface area contributed by atoms with Crippen molar-refractivity contribution in [3.8, 4) is 0 Å². The Balaban J connectivity index is 3.61. The Morgan fingerprint density at radius 1 is 1.00 bits per heavy atom. The van der Waals surface area contributed by atoms with Crippen LogP contribution in [0.15, 0.2) is 48.6 Å². The molecule has 1 atom stereocenters. The Kier molecular flexibility index (Phi) is 15.6. The Morgan fingerprint density at radius 2 is 1.74 bits per heavy atom. The number of carboxylic acid groups (broad SMARTS) is 1. The summed E-state index contributed by atoms with van der Waals surface area (Å²) in [6.45, 7) is 2.19. The van der Waals surface area contributed by atoms with Gasteiger partial charge >= 0.3 is 0 Å². The van der Waals surface area contributed by atoms with Crippen molar-refractivity contribution in [1.29, 1.82) is 0 Å². The van der Waals surface area contributed by atoms with Gasteiger partial charge in [0.05, 0.1) is 6.10 Å². The molecule has 0 aromatic heterocycles. The first-order valence-electron chi connectivity index (χ1n) is 8.68. The average Bonchev–Trinajstić information content (AvgIpc) is 2.52. The van der Waals surface area contributed by atoms with Gasteiger partial charge in [0.2, 0.25) is 0 Å². The lowest BCUT2D eigenvalue weighted by atomic mass is 10.2. The highest BCUT2D eigenvalue weighted by Crippen LogP contribution is 2.01. The Hall–Kier alpha value is -1.61. The number of unbranched alkanes of at least 4 members (excludes halogenated alkanes) is 4. The molecule has 0 saturated heterocycles. The first-order valence-corrected chi connectivity index (χ1v) is 8.68. The minimum atomic E-state index is -0.990.